The maximum atomic E-state index is 11.6. The fraction of sp³-hybridized carbons (Fsp3) is 1.00. The minimum absolute atomic E-state index is 0. The first-order valence-corrected chi connectivity index (χ1v) is 6.39. The summed E-state index contributed by atoms with van der Waals surface area (Å²) in [6.07, 6.45) is 1.01. The van der Waals surface area contributed by atoms with Crippen molar-refractivity contribution in [1.29, 1.82) is 0 Å². The van der Waals surface area contributed by atoms with E-state index in [9.17, 15) is 21.4 Å². The quantitative estimate of drug-likeness (QED) is 0.430. The summed E-state index contributed by atoms with van der Waals surface area (Å²) < 4.78 is 55.6. The van der Waals surface area contributed by atoms with E-state index in [0.717, 1.165) is 6.26 Å². The van der Waals surface area contributed by atoms with Crippen LogP contribution in [0.4, 0.5) is 12.9 Å². The molecule has 0 N–H and O–H groups in total. The van der Waals surface area contributed by atoms with Crippen LogP contribution in [0, 0.1) is 0 Å². The molecule has 0 aromatic heterocycles. The molecule has 9 heteroatoms. The van der Waals surface area contributed by atoms with Crippen molar-refractivity contribution >= 4 is 28.6 Å². The number of halogens is 3. The SMILES string of the molecule is CS(=O)(=O)CCSC[B-](F)(F)F.[K+]. The molecule has 0 aliphatic rings. The Balaban J connectivity index is 0. The summed E-state index contributed by atoms with van der Waals surface area (Å²) in [5.41, 5.74) is -0.921. The zero-order valence-corrected chi connectivity index (χ0v) is 12.2. The molecule has 0 aromatic carbocycles. The third-order valence-electron chi connectivity index (χ3n) is 0.905. The van der Waals surface area contributed by atoms with E-state index >= 15 is 0 Å². The van der Waals surface area contributed by atoms with Gasteiger partial charge in [-0.2, -0.15) is 11.8 Å². The van der Waals surface area contributed by atoms with E-state index in [4.69, 9.17) is 0 Å². The van der Waals surface area contributed by atoms with E-state index in [1.807, 2.05) is 0 Å². The predicted molar refractivity (Wildman–Crippen MR) is 46.1 cm³/mol. The molecule has 0 saturated carbocycles. The Bertz CT molecular complexity index is 228. The van der Waals surface area contributed by atoms with Gasteiger partial charge in [0.1, 0.15) is 9.84 Å². The second-order valence-corrected chi connectivity index (χ2v) is 5.82. The Morgan fingerprint density at radius 3 is 2.08 bits per heavy atom. The molecule has 0 aliphatic heterocycles. The van der Waals surface area contributed by atoms with Crippen LogP contribution in [0.5, 0.6) is 0 Å². The summed E-state index contributed by atoms with van der Waals surface area (Å²) in [7, 11) is -3.12. The summed E-state index contributed by atoms with van der Waals surface area (Å²) in [5.74, 6) is -0.177. The molecular formula is C4H9BF3KO2S2. The molecule has 0 aromatic rings. The number of thioether (sulfide) groups is 1. The van der Waals surface area contributed by atoms with Gasteiger partial charge in [-0.15, -0.1) is 0 Å². The normalized spacial score (nSPS) is 12.3. The second-order valence-electron chi connectivity index (χ2n) is 2.42. The van der Waals surface area contributed by atoms with Gasteiger partial charge in [0.25, 0.3) is 0 Å². The molecule has 0 saturated heterocycles. The summed E-state index contributed by atoms with van der Waals surface area (Å²) in [4.78, 5) is 0. The van der Waals surface area contributed by atoms with Crippen LogP contribution in [0.15, 0.2) is 0 Å². The smallest absolute Gasteiger partial charge is 0.448 e. The van der Waals surface area contributed by atoms with Crippen molar-refractivity contribution in [3.8, 4) is 0 Å². The first-order chi connectivity index (χ1) is 5.21. The van der Waals surface area contributed by atoms with Gasteiger partial charge >= 0.3 is 58.4 Å². The van der Waals surface area contributed by atoms with Crippen molar-refractivity contribution in [2.75, 3.05) is 23.4 Å². The van der Waals surface area contributed by atoms with Crippen molar-refractivity contribution in [2.24, 2.45) is 0 Å². The largest absolute Gasteiger partial charge is 1.00 e. The van der Waals surface area contributed by atoms with Crippen LogP contribution in [-0.4, -0.2) is 38.8 Å². The fourth-order valence-electron chi connectivity index (χ4n) is 0.427. The maximum absolute atomic E-state index is 11.6. The van der Waals surface area contributed by atoms with E-state index in [0.29, 0.717) is 11.8 Å². The molecule has 0 aliphatic carbocycles. The molecule has 0 bridgehead atoms. The first-order valence-electron chi connectivity index (χ1n) is 3.17. The summed E-state index contributed by atoms with van der Waals surface area (Å²) in [6, 6.07) is 0. The zero-order chi connectivity index (χ0) is 9.83. The van der Waals surface area contributed by atoms with Gasteiger partial charge in [-0.05, 0) is 5.65 Å². The first kappa shape index (κ1) is 17.2. The molecule has 0 heterocycles. The fourth-order valence-corrected chi connectivity index (χ4v) is 2.54. The molecule has 13 heavy (non-hydrogen) atoms. The Kier molecular flexibility index (Phi) is 9.43. The molecule has 2 nitrogen and oxygen atoms in total. The number of hydrogen-bond acceptors (Lipinski definition) is 3. The average Bonchev–Trinajstić information content (AvgIpc) is 1.76. The van der Waals surface area contributed by atoms with Gasteiger partial charge in [0, 0.05) is 12.0 Å². The second kappa shape index (κ2) is 7.13. The molecule has 0 unspecified atom stereocenters. The molecule has 0 amide bonds. The third kappa shape index (κ3) is 16.5. The van der Waals surface area contributed by atoms with Crippen molar-refractivity contribution in [1.82, 2.24) is 0 Å². The van der Waals surface area contributed by atoms with E-state index in [-0.39, 0.29) is 62.9 Å². The van der Waals surface area contributed by atoms with Gasteiger partial charge in [0.15, 0.2) is 0 Å². The molecule has 0 radical (unpaired) electrons. The molecule has 74 valence electrons. The monoisotopic (exact) mass is 260 g/mol. The van der Waals surface area contributed by atoms with Crippen LogP contribution in [-0.2, 0) is 9.84 Å². The zero-order valence-electron chi connectivity index (χ0n) is 7.47. The summed E-state index contributed by atoms with van der Waals surface area (Å²) >= 11 is 0.611. The van der Waals surface area contributed by atoms with Gasteiger partial charge < -0.3 is 12.9 Å². The van der Waals surface area contributed by atoms with Crippen LogP contribution < -0.4 is 51.4 Å². The van der Waals surface area contributed by atoms with Crippen molar-refractivity contribution in [3.05, 3.63) is 0 Å². The molecule has 0 fully saturated rings. The topological polar surface area (TPSA) is 34.1 Å². The standard InChI is InChI=1S/C4H9BF3O2S2.K/c1-12(9,10)3-2-11-4-5(6,7)8;/h2-4H2,1H3;/q-1;+1. The predicted octanol–water partition coefficient (Wildman–Crippen LogP) is -1.85. The Morgan fingerprint density at radius 1 is 1.31 bits per heavy atom. The van der Waals surface area contributed by atoms with Crippen LogP contribution >= 0.6 is 11.8 Å². The average molecular weight is 260 g/mol. The minimum Gasteiger partial charge on any atom is -0.448 e. The molecule has 0 atom stereocenters. The van der Waals surface area contributed by atoms with Gasteiger partial charge in [0.2, 0.25) is 0 Å². The van der Waals surface area contributed by atoms with Crippen molar-refractivity contribution in [3.63, 3.8) is 0 Å². The number of hydrogen-bond donors (Lipinski definition) is 0. The van der Waals surface area contributed by atoms with Crippen LogP contribution in [0.2, 0.25) is 0 Å². The van der Waals surface area contributed by atoms with E-state index in [1.165, 1.54) is 0 Å². The van der Waals surface area contributed by atoms with Crippen LogP contribution in [0.1, 0.15) is 0 Å². The van der Waals surface area contributed by atoms with Gasteiger partial charge in [0.05, 0.1) is 5.75 Å². The Labute approximate surface area is 123 Å². The van der Waals surface area contributed by atoms with Gasteiger partial charge in [-0.1, -0.05) is 0 Å². The summed E-state index contributed by atoms with van der Waals surface area (Å²) in [5, 5.41) is 0. The molecular weight excluding hydrogens is 251 g/mol. The molecule has 0 rings (SSSR count). The van der Waals surface area contributed by atoms with Gasteiger partial charge in [-0.3, -0.25) is 0 Å². The van der Waals surface area contributed by atoms with E-state index in [2.05, 4.69) is 0 Å². The minimum atomic E-state index is -4.78. The van der Waals surface area contributed by atoms with Crippen molar-refractivity contribution < 1.29 is 72.7 Å². The Hall–Kier alpha value is 1.79. The van der Waals surface area contributed by atoms with Crippen LogP contribution in [0.25, 0.3) is 0 Å². The number of sulfone groups is 1. The van der Waals surface area contributed by atoms with Crippen molar-refractivity contribution in [2.45, 2.75) is 0 Å². The van der Waals surface area contributed by atoms with Gasteiger partial charge in [-0.25, -0.2) is 8.42 Å². The molecule has 0 spiro atoms. The summed E-state index contributed by atoms with van der Waals surface area (Å²) in [6.45, 7) is -4.78. The third-order valence-corrected chi connectivity index (χ3v) is 3.22. The maximum Gasteiger partial charge on any atom is 1.00 e. The van der Waals surface area contributed by atoms with Crippen LogP contribution in [0.3, 0.4) is 0 Å². The Morgan fingerprint density at radius 2 is 1.77 bits per heavy atom. The number of rotatable bonds is 5. The van der Waals surface area contributed by atoms with E-state index < -0.39 is 22.5 Å². The van der Waals surface area contributed by atoms with E-state index in [1.54, 1.807) is 0 Å².